The van der Waals surface area contributed by atoms with Crippen molar-refractivity contribution in [1.29, 1.82) is 0 Å². The van der Waals surface area contributed by atoms with Gasteiger partial charge in [0.05, 0.1) is 0 Å². The fourth-order valence-corrected chi connectivity index (χ4v) is 3.74. The lowest BCUT2D eigenvalue weighted by Gasteiger charge is -2.28. The SMILES string of the molecule is O=C(O)CNC(=O)[C@@H]1CCCN1C(=O)[C@H](Cc1ccccc1)NC(=O)OCc1ccccc1. The summed E-state index contributed by atoms with van der Waals surface area (Å²) in [5.74, 6) is -2.10. The lowest BCUT2D eigenvalue weighted by Crippen LogP contribution is -2.54. The molecule has 1 heterocycles. The molecule has 1 aliphatic rings. The van der Waals surface area contributed by atoms with Gasteiger partial charge in [0.25, 0.3) is 0 Å². The van der Waals surface area contributed by atoms with E-state index < -0.39 is 42.5 Å². The van der Waals surface area contributed by atoms with Gasteiger partial charge in [0.1, 0.15) is 25.2 Å². The molecule has 1 aliphatic heterocycles. The van der Waals surface area contributed by atoms with Crippen molar-refractivity contribution in [2.45, 2.75) is 38.0 Å². The third-order valence-electron chi connectivity index (χ3n) is 5.34. The molecule has 0 saturated carbocycles. The number of carboxylic acids is 1. The summed E-state index contributed by atoms with van der Waals surface area (Å²) in [7, 11) is 0. The number of alkyl carbamates (subject to hydrolysis) is 1. The number of carboxylic acid groups (broad SMARTS) is 1. The minimum absolute atomic E-state index is 0.0584. The van der Waals surface area contributed by atoms with Crippen molar-refractivity contribution in [3.8, 4) is 0 Å². The second-order valence-electron chi connectivity index (χ2n) is 7.75. The van der Waals surface area contributed by atoms with Gasteiger partial charge in [0, 0.05) is 13.0 Å². The Morgan fingerprint density at radius 1 is 1.00 bits per heavy atom. The number of likely N-dealkylation sites (tertiary alicyclic amines) is 1. The molecule has 174 valence electrons. The lowest BCUT2D eigenvalue weighted by molar-refractivity contribution is -0.141. The third kappa shape index (κ3) is 7.06. The summed E-state index contributed by atoms with van der Waals surface area (Å²) in [5.41, 5.74) is 1.65. The zero-order valence-corrected chi connectivity index (χ0v) is 18.1. The van der Waals surface area contributed by atoms with Crippen molar-refractivity contribution in [2.24, 2.45) is 0 Å². The summed E-state index contributed by atoms with van der Waals surface area (Å²) in [6, 6.07) is 16.7. The van der Waals surface area contributed by atoms with Crippen molar-refractivity contribution >= 4 is 23.9 Å². The predicted octanol–water partition coefficient (Wildman–Crippen LogP) is 1.72. The summed E-state index contributed by atoms with van der Waals surface area (Å²) in [6.07, 6.45) is 0.514. The maximum Gasteiger partial charge on any atom is 0.408 e. The van der Waals surface area contributed by atoms with Crippen molar-refractivity contribution in [1.82, 2.24) is 15.5 Å². The normalized spacial score (nSPS) is 16.0. The van der Waals surface area contributed by atoms with Crippen LogP contribution in [0.5, 0.6) is 0 Å². The molecule has 0 radical (unpaired) electrons. The van der Waals surface area contributed by atoms with Crippen molar-refractivity contribution < 1.29 is 29.0 Å². The summed E-state index contributed by atoms with van der Waals surface area (Å²) in [5, 5.41) is 13.8. The Morgan fingerprint density at radius 3 is 2.27 bits per heavy atom. The number of carbonyl (C=O) groups excluding carboxylic acids is 3. The van der Waals surface area contributed by atoms with Crippen molar-refractivity contribution in [3.63, 3.8) is 0 Å². The number of aliphatic carboxylic acids is 1. The minimum atomic E-state index is -1.16. The number of amides is 3. The molecule has 2 aromatic rings. The Hall–Kier alpha value is -3.88. The van der Waals surface area contributed by atoms with E-state index in [4.69, 9.17) is 9.84 Å². The maximum atomic E-state index is 13.4. The Bertz CT molecular complexity index is 967. The highest BCUT2D eigenvalue weighted by molar-refractivity contribution is 5.93. The van der Waals surface area contributed by atoms with E-state index in [1.54, 1.807) is 0 Å². The van der Waals surface area contributed by atoms with Gasteiger partial charge in [-0.3, -0.25) is 14.4 Å². The Labute approximate surface area is 191 Å². The zero-order chi connectivity index (χ0) is 23.6. The highest BCUT2D eigenvalue weighted by atomic mass is 16.5. The van der Waals surface area contributed by atoms with Gasteiger partial charge < -0.3 is 25.4 Å². The quantitative estimate of drug-likeness (QED) is 0.531. The van der Waals surface area contributed by atoms with E-state index in [1.807, 2.05) is 60.7 Å². The van der Waals surface area contributed by atoms with Crippen LogP contribution in [-0.2, 0) is 32.1 Å². The van der Waals surface area contributed by atoms with E-state index in [2.05, 4.69) is 10.6 Å². The molecule has 3 N–H and O–H groups in total. The van der Waals surface area contributed by atoms with Crippen LogP contribution in [0, 0.1) is 0 Å². The Kier molecular flexibility index (Phi) is 8.40. The predicted molar refractivity (Wildman–Crippen MR) is 119 cm³/mol. The number of carbonyl (C=O) groups is 4. The second kappa shape index (κ2) is 11.7. The average Bonchev–Trinajstić information content (AvgIpc) is 3.32. The van der Waals surface area contributed by atoms with Gasteiger partial charge in [0.15, 0.2) is 0 Å². The molecule has 0 spiro atoms. The van der Waals surface area contributed by atoms with Crippen LogP contribution in [0.25, 0.3) is 0 Å². The molecule has 0 aliphatic carbocycles. The highest BCUT2D eigenvalue weighted by Gasteiger charge is 2.38. The molecule has 33 heavy (non-hydrogen) atoms. The smallest absolute Gasteiger partial charge is 0.408 e. The molecule has 1 fully saturated rings. The molecule has 9 nitrogen and oxygen atoms in total. The first-order valence-corrected chi connectivity index (χ1v) is 10.7. The largest absolute Gasteiger partial charge is 0.480 e. The minimum Gasteiger partial charge on any atom is -0.480 e. The first-order valence-electron chi connectivity index (χ1n) is 10.7. The Morgan fingerprint density at radius 2 is 1.64 bits per heavy atom. The van der Waals surface area contributed by atoms with Crippen LogP contribution in [0.4, 0.5) is 4.79 Å². The molecule has 1 saturated heterocycles. The summed E-state index contributed by atoms with van der Waals surface area (Å²) in [6.45, 7) is -0.117. The van der Waals surface area contributed by atoms with E-state index >= 15 is 0 Å². The molecule has 3 rings (SSSR count). The third-order valence-corrected chi connectivity index (χ3v) is 5.34. The van der Waals surface area contributed by atoms with Gasteiger partial charge >= 0.3 is 12.1 Å². The average molecular weight is 453 g/mol. The Balaban J connectivity index is 1.69. The van der Waals surface area contributed by atoms with Crippen LogP contribution >= 0.6 is 0 Å². The lowest BCUT2D eigenvalue weighted by atomic mass is 10.0. The van der Waals surface area contributed by atoms with Crippen LogP contribution < -0.4 is 10.6 Å². The second-order valence-corrected chi connectivity index (χ2v) is 7.75. The number of benzene rings is 2. The molecular formula is C24H27N3O6. The molecule has 0 unspecified atom stereocenters. The molecule has 9 heteroatoms. The zero-order valence-electron chi connectivity index (χ0n) is 18.1. The van der Waals surface area contributed by atoms with E-state index in [9.17, 15) is 19.2 Å². The van der Waals surface area contributed by atoms with Gasteiger partial charge in [-0.2, -0.15) is 0 Å². The monoisotopic (exact) mass is 453 g/mol. The number of nitrogens with one attached hydrogen (secondary N) is 2. The van der Waals surface area contributed by atoms with Crippen LogP contribution in [0.1, 0.15) is 24.0 Å². The topological polar surface area (TPSA) is 125 Å². The van der Waals surface area contributed by atoms with Gasteiger partial charge in [0.2, 0.25) is 11.8 Å². The van der Waals surface area contributed by atoms with Crippen LogP contribution in [0.15, 0.2) is 60.7 Å². The fraction of sp³-hybridized carbons (Fsp3) is 0.333. The molecule has 0 aromatic heterocycles. The van der Waals surface area contributed by atoms with Crippen LogP contribution in [-0.4, -0.2) is 59.1 Å². The molecule has 0 bridgehead atoms. The van der Waals surface area contributed by atoms with Crippen LogP contribution in [0.2, 0.25) is 0 Å². The van der Waals surface area contributed by atoms with E-state index in [1.165, 1.54) is 4.90 Å². The number of nitrogens with zero attached hydrogens (tertiary/aromatic N) is 1. The van der Waals surface area contributed by atoms with Gasteiger partial charge in [-0.25, -0.2) is 4.79 Å². The van der Waals surface area contributed by atoms with Gasteiger partial charge in [-0.05, 0) is 24.0 Å². The standard InChI is InChI=1S/C24H27N3O6/c28-21(29)15-25-22(30)20-12-7-13-27(20)23(31)19(14-17-8-3-1-4-9-17)26-24(32)33-16-18-10-5-2-6-11-18/h1-6,8-11,19-20H,7,12-16H2,(H,25,30)(H,26,32)(H,28,29)/t19-,20-/m0/s1. The molecule has 2 atom stereocenters. The van der Waals surface area contributed by atoms with E-state index in [0.717, 1.165) is 11.1 Å². The van der Waals surface area contributed by atoms with Gasteiger partial charge in [-0.1, -0.05) is 60.7 Å². The number of hydrogen-bond donors (Lipinski definition) is 3. The first kappa shape index (κ1) is 23.8. The summed E-state index contributed by atoms with van der Waals surface area (Å²) >= 11 is 0. The molecular weight excluding hydrogens is 426 g/mol. The van der Waals surface area contributed by atoms with Crippen LogP contribution in [0.3, 0.4) is 0 Å². The summed E-state index contributed by atoms with van der Waals surface area (Å²) < 4.78 is 5.28. The summed E-state index contributed by atoms with van der Waals surface area (Å²) in [4.78, 5) is 50.5. The maximum absolute atomic E-state index is 13.4. The molecule has 2 aromatic carbocycles. The fourth-order valence-electron chi connectivity index (χ4n) is 3.74. The first-order chi connectivity index (χ1) is 15.9. The van der Waals surface area contributed by atoms with E-state index in [0.29, 0.717) is 19.4 Å². The number of hydrogen-bond acceptors (Lipinski definition) is 5. The highest BCUT2D eigenvalue weighted by Crippen LogP contribution is 2.20. The van der Waals surface area contributed by atoms with Gasteiger partial charge in [-0.15, -0.1) is 0 Å². The van der Waals surface area contributed by atoms with Crippen molar-refractivity contribution in [2.75, 3.05) is 13.1 Å². The number of rotatable bonds is 9. The number of ether oxygens (including phenoxy) is 1. The van der Waals surface area contributed by atoms with Crippen molar-refractivity contribution in [3.05, 3.63) is 71.8 Å². The van der Waals surface area contributed by atoms with E-state index in [-0.39, 0.29) is 13.0 Å². The molecule has 3 amide bonds.